The second-order valence-electron chi connectivity index (χ2n) is 10.3. The Morgan fingerprint density at radius 3 is 2.13 bits per heavy atom. The van der Waals surface area contributed by atoms with E-state index in [1.54, 1.807) is 0 Å². The van der Waals surface area contributed by atoms with E-state index in [-0.39, 0.29) is 0 Å². The van der Waals surface area contributed by atoms with Gasteiger partial charge in [0.15, 0.2) is 5.58 Å². The van der Waals surface area contributed by atoms with E-state index in [0.717, 1.165) is 33.0 Å². The molecule has 0 bridgehead atoms. The predicted molar refractivity (Wildman–Crippen MR) is 166 cm³/mol. The molecule has 39 heavy (non-hydrogen) atoms. The summed E-state index contributed by atoms with van der Waals surface area (Å²) >= 11 is 6.52. The predicted octanol–water partition coefficient (Wildman–Crippen LogP) is 10.8. The number of furan rings is 1. The van der Waals surface area contributed by atoms with Crippen LogP contribution in [-0.2, 0) is 0 Å². The minimum Gasteiger partial charge on any atom is -0.454 e. The lowest BCUT2D eigenvalue weighted by molar-refractivity contribution is 0.669. The first-order valence-electron chi connectivity index (χ1n) is 13.1. The topological polar surface area (TPSA) is 18.1 Å². The zero-order chi connectivity index (χ0) is 25.7. The monoisotopic (exact) mass is 517 g/mol. The molecule has 3 heteroatoms. The van der Waals surface area contributed by atoms with Crippen LogP contribution in [0.15, 0.2) is 126 Å². The molecule has 0 amide bonds. The maximum atomic E-state index is 6.52. The van der Waals surface area contributed by atoms with Gasteiger partial charge in [-0.2, -0.15) is 0 Å². The van der Waals surface area contributed by atoms with E-state index < -0.39 is 0 Å². The number of benzene rings is 7. The Labute approximate surface area is 228 Å². The highest BCUT2D eigenvalue weighted by atomic mass is 35.5. The molecule has 7 aromatic carbocycles. The molecule has 0 aliphatic carbocycles. The Morgan fingerprint density at radius 1 is 0.487 bits per heavy atom. The highest BCUT2D eigenvalue weighted by Gasteiger charge is 2.19. The van der Waals surface area contributed by atoms with Crippen molar-refractivity contribution in [1.29, 1.82) is 0 Å². The van der Waals surface area contributed by atoms with E-state index >= 15 is 0 Å². The van der Waals surface area contributed by atoms with Crippen molar-refractivity contribution >= 4 is 87.7 Å². The van der Waals surface area contributed by atoms with Gasteiger partial charge in [-0.25, -0.2) is 0 Å². The SMILES string of the molecule is Clc1cccc2c1oc1ccc3c(-n4c5cc6ccccc6cc5c5c6ccccc6ccc54)cccc3c12. The molecular formula is C36H20ClNO. The average molecular weight is 518 g/mol. The zero-order valence-electron chi connectivity index (χ0n) is 20.8. The molecule has 0 spiro atoms. The van der Waals surface area contributed by atoms with Gasteiger partial charge in [0.2, 0.25) is 0 Å². The zero-order valence-corrected chi connectivity index (χ0v) is 21.5. The molecule has 0 unspecified atom stereocenters. The van der Waals surface area contributed by atoms with Crippen LogP contribution in [0, 0.1) is 0 Å². The Balaban J connectivity index is 1.49. The van der Waals surface area contributed by atoms with Gasteiger partial charge in [-0.3, -0.25) is 0 Å². The first-order valence-corrected chi connectivity index (χ1v) is 13.5. The van der Waals surface area contributed by atoms with Gasteiger partial charge in [0.1, 0.15) is 5.58 Å². The fourth-order valence-corrected chi connectivity index (χ4v) is 6.74. The fourth-order valence-electron chi connectivity index (χ4n) is 6.53. The summed E-state index contributed by atoms with van der Waals surface area (Å²) in [6, 6.07) is 43.3. The Morgan fingerprint density at radius 2 is 1.23 bits per heavy atom. The van der Waals surface area contributed by atoms with E-state index in [0.29, 0.717) is 5.02 Å². The van der Waals surface area contributed by atoms with Crippen LogP contribution in [0.25, 0.3) is 81.7 Å². The fraction of sp³-hybridized carbons (Fsp3) is 0. The minimum atomic E-state index is 0.633. The van der Waals surface area contributed by atoms with Crippen molar-refractivity contribution < 1.29 is 4.42 Å². The van der Waals surface area contributed by atoms with Gasteiger partial charge < -0.3 is 8.98 Å². The summed E-state index contributed by atoms with van der Waals surface area (Å²) in [6.07, 6.45) is 0. The van der Waals surface area contributed by atoms with Crippen LogP contribution in [0.3, 0.4) is 0 Å². The van der Waals surface area contributed by atoms with E-state index in [1.165, 1.54) is 48.7 Å². The van der Waals surface area contributed by atoms with E-state index in [1.807, 2.05) is 12.1 Å². The van der Waals surface area contributed by atoms with Gasteiger partial charge in [-0.1, -0.05) is 90.5 Å². The number of fused-ring (bicyclic) bond motifs is 11. The maximum Gasteiger partial charge on any atom is 0.154 e. The van der Waals surface area contributed by atoms with Crippen LogP contribution in [0.1, 0.15) is 0 Å². The summed E-state index contributed by atoms with van der Waals surface area (Å²) in [6.45, 7) is 0. The summed E-state index contributed by atoms with van der Waals surface area (Å²) in [7, 11) is 0. The van der Waals surface area contributed by atoms with Crippen LogP contribution < -0.4 is 0 Å². The van der Waals surface area contributed by atoms with Gasteiger partial charge in [-0.05, 0) is 69.4 Å². The molecule has 2 heterocycles. The molecular weight excluding hydrogens is 498 g/mol. The summed E-state index contributed by atoms with van der Waals surface area (Å²) in [5.41, 5.74) is 5.14. The summed E-state index contributed by atoms with van der Waals surface area (Å²) in [4.78, 5) is 0. The lowest BCUT2D eigenvalue weighted by Gasteiger charge is -2.13. The van der Waals surface area contributed by atoms with E-state index in [2.05, 4.69) is 114 Å². The van der Waals surface area contributed by atoms with Crippen molar-refractivity contribution in [2.24, 2.45) is 0 Å². The average Bonchev–Trinajstić information content (AvgIpc) is 3.52. The number of nitrogens with zero attached hydrogens (tertiary/aromatic N) is 1. The third kappa shape index (κ3) is 2.81. The summed E-state index contributed by atoms with van der Waals surface area (Å²) in [5, 5.41) is 12.7. The van der Waals surface area contributed by atoms with Crippen molar-refractivity contribution in [1.82, 2.24) is 4.57 Å². The van der Waals surface area contributed by atoms with E-state index in [9.17, 15) is 0 Å². The summed E-state index contributed by atoms with van der Waals surface area (Å²) in [5.74, 6) is 0. The smallest absolute Gasteiger partial charge is 0.154 e. The summed E-state index contributed by atoms with van der Waals surface area (Å²) < 4.78 is 8.66. The highest BCUT2D eigenvalue weighted by Crippen LogP contribution is 2.42. The molecule has 0 aliphatic heterocycles. The second kappa shape index (κ2) is 7.63. The first kappa shape index (κ1) is 21.2. The molecule has 9 aromatic rings. The van der Waals surface area contributed by atoms with Crippen molar-refractivity contribution in [3.8, 4) is 5.69 Å². The lowest BCUT2D eigenvalue weighted by atomic mass is 10.0. The molecule has 2 nitrogen and oxygen atoms in total. The van der Waals surface area contributed by atoms with Crippen LogP contribution in [-0.4, -0.2) is 4.57 Å². The first-order chi connectivity index (χ1) is 19.3. The lowest BCUT2D eigenvalue weighted by Crippen LogP contribution is -1.95. The third-order valence-corrected chi connectivity index (χ3v) is 8.51. The normalized spacial score (nSPS) is 12.2. The Kier molecular flexibility index (Phi) is 4.14. The molecule has 0 radical (unpaired) electrons. The molecule has 0 saturated heterocycles. The number of aromatic nitrogens is 1. The molecule has 0 N–H and O–H groups in total. The molecule has 0 aliphatic rings. The molecule has 9 rings (SSSR count). The van der Waals surface area contributed by atoms with Crippen LogP contribution >= 0.6 is 11.6 Å². The molecule has 2 aromatic heterocycles. The maximum absolute atomic E-state index is 6.52. The quantitative estimate of drug-likeness (QED) is 0.212. The Hall–Kier alpha value is -4.79. The van der Waals surface area contributed by atoms with E-state index in [4.69, 9.17) is 16.0 Å². The van der Waals surface area contributed by atoms with Gasteiger partial charge in [0.25, 0.3) is 0 Å². The Bertz CT molecular complexity index is 2460. The van der Waals surface area contributed by atoms with Gasteiger partial charge >= 0.3 is 0 Å². The second-order valence-corrected chi connectivity index (χ2v) is 10.7. The van der Waals surface area contributed by atoms with Crippen molar-refractivity contribution in [2.45, 2.75) is 0 Å². The van der Waals surface area contributed by atoms with Gasteiger partial charge in [0, 0.05) is 26.9 Å². The van der Waals surface area contributed by atoms with Gasteiger partial charge in [0.05, 0.1) is 21.7 Å². The van der Waals surface area contributed by atoms with Crippen molar-refractivity contribution in [2.75, 3.05) is 0 Å². The number of para-hydroxylation sites is 1. The number of hydrogen-bond acceptors (Lipinski definition) is 1. The largest absolute Gasteiger partial charge is 0.454 e. The van der Waals surface area contributed by atoms with Crippen LogP contribution in [0.4, 0.5) is 0 Å². The van der Waals surface area contributed by atoms with Crippen molar-refractivity contribution in [3.63, 3.8) is 0 Å². The molecule has 0 fully saturated rings. The number of halogens is 1. The molecule has 182 valence electrons. The van der Waals surface area contributed by atoms with Gasteiger partial charge in [-0.15, -0.1) is 0 Å². The number of hydrogen-bond donors (Lipinski definition) is 0. The van der Waals surface area contributed by atoms with Crippen LogP contribution in [0.2, 0.25) is 5.02 Å². The number of rotatable bonds is 1. The highest BCUT2D eigenvalue weighted by molar-refractivity contribution is 6.36. The van der Waals surface area contributed by atoms with Crippen molar-refractivity contribution in [3.05, 3.63) is 126 Å². The van der Waals surface area contributed by atoms with Crippen LogP contribution in [0.5, 0.6) is 0 Å². The molecule has 0 atom stereocenters. The minimum absolute atomic E-state index is 0.633. The molecule has 0 saturated carbocycles. The third-order valence-electron chi connectivity index (χ3n) is 8.21. The standard InChI is InChI=1S/C36H20ClNO/c37-29-13-5-12-27-35-26-11-6-14-30(25(26)16-18-33(35)39-36(27)29)38-31-17-15-21-7-3-4-10-24(21)34(31)28-19-22-8-1-2-9-23(22)20-32(28)38/h1-20H.